The summed E-state index contributed by atoms with van der Waals surface area (Å²) >= 11 is 0. The molecular weight excluding hydrogens is 928 g/mol. The number of benzene rings is 2. The van der Waals surface area contributed by atoms with E-state index in [1.54, 1.807) is 63.0 Å². The highest BCUT2D eigenvalue weighted by molar-refractivity contribution is 5.83. The van der Waals surface area contributed by atoms with Crippen LogP contribution in [0.25, 0.3) is 22.3 Å². The summed E-state index contributed by atoms with van der Waals surface area (Å²) in [5, 5.41) is 25.8. The lowest BCUT2D eigenvalue weighted by atomic mass is 9.89. The summed E-state index contributed by atoms with van der Waals surface area (Å²) < 4.78 is 19.0. The zero-order chi connectivity index (χ0) is 53.0. The molecule has 3 unspecified atom stereocenters. The molecule has 15 heteroatoms. The molecule has 4 heterocycles. The number of carbonyl (C=O) groups is 4. The number of rotatable bonds is 20. The molecule has 1 saturated carbocycles. The number of amides is 2. The maximum absolute atomic E-state index is 16.2. The van der Waals surface area contributed by atoms with Gasteiger partial charge in [0.15, 0.2) is 0 Å². The number of aromatic nitrogens is 4. The maximum atomic E-state index is 16.2. The minimum Gasteiger partial charge on any atom is -0.481 e. The third-order valence-electron chi connectivity index (χ3n) is 13.9. The highest BCUT2D eigenvalue weighted by Gasteiger charge is 2.43. The number of aliphatic carboxylic acids is 2. The minimum absolute atomic E-state index is 0.0140. The fraction of sp³-hybridized carbons (Fsp3) is 0.379. The van der Waals surface area contributed by atoms with Crippen LogP contribution in [0.1, 0.15) is 146 Å². The van der Waals surface area contributed by atoms with E-state index in [2.05, 4.69) is 20.6 Å². The Balaban J connectivity index is 1.14. The van der Waals surface area contributed by atoms with Crippen molar-refractivity contribution in [2.24, 2.45) is 11.8 Å². The molecule has 0 radical (unpaired) electrons. The predicted molar refractivity (Wildman–Crippen MR) is 278 cm³/mol. The van der Waals surface area contributed by atoms with Crippen LogP contribution in [0.4, 0.5) is 4.39 Å². The lowest BCUT2D eigenvalue weighted by Gasteiger charge is -2.25. The number of carboxylic acid groups (broad SMARTS) is 2. The SMILES string of the molecule is Cc1ccn([C@@H](CC(C)C)C(=O)N[C@@H](CC(=O)O)c2cncc(-c3c(C)cc(F)c(C4CC4c4ccn(C(CC(C)C)C(=O)N[C@@H](CC(=O)O)c5cncc(-c6c(C)cccc6C)c5)c(=O)c4)c3C)c2)c(=O)c1. The molecule has 382 valence electrons. The van der Waals surface area contributed by atoms with Gasteiger partial charge in [0.05, 0.1) is 24.9 Å². The van der Waals surface area contributed by atoms with E-state index in [1.165, 1.54) is 33.5 Å². The van der Waals surface area contributed by atoms with Crippen molar-refractivity contribution in [3.05, 3.63) is 174 Å². The second-order valence-corrected chi connectivity index (χ2v) is 20.6. The van der Waals surface area contributed by atoms with Crippen LogP contribution >= 0.6 is 0 Å². The molecule has 0 aliphatic heterocycles. The van der Waals surface area contributed by atoms with Gasteiger partial charge in [-0.25, -0.2) is 4.39 Å². The van der Waals surface area contributed by atoms with Crippen LogP contribution in [-0.4, -0.2) is 53.1 Å². The van der Waals surface area contributed by atoms with Gasteiger partial charge >= 0.3 is 11.9 Å². The Bertz CT molecular complexity index is 3180. The van der Waals surface area contributed by atoms with E-state index in [0.717, 1.165) is 27.8 Å². The van der Waals surface area contributed by atoms with Crippen molar-refractivity contribution >= 4 is 23.8 Å². The molecule has 73 heavy (non-hydrogen) atoms. The van der Waals surface area contributed by atoms with Gasteiger partial charge in [-0.05, 0) is 169 Å². The molecule has 2 aromatic carbocycles. The standard InChI is InChI=1S/C58H65FN6O8/c1-31(2)17-48(64-15-13-33(5)19-50(64)66)57(72)63-47(26-53(70)71)40-22-42(30-61-28-40)55-36(8)20-45(59)56(37(55)9)44-24-43(44)38-14-16-65(51(67)23-38)49(18-32(3)4)58(73)62-46(25-52(68)69)39-21-41(29-60-27-39)54-34(6)11-10-12-35(54)7/h10-16,19-23,27-32,43-44,46-49H,17-18,24-26H2,1-9H3,(H,62,73)(H,63,72)(H,68,69)(H,70,71)/t43?,44?,46-,47-,48-,49?/m0/s1. The first-order chi connectivity index (χ1) is 34.6. The van der Waals surface area contributed by atoms with Crippen LogP contribution in [-0.2, 0) is 19.2 Å². The first-order valence-corrected chi connectivity index (χ1v) is 24.8. The fourth-order valence-corrected chi connectivity index (χ4v) is 10.4. The molecule has 2 amide bonds. The molecule has 0 spiro atoms. The second kappa shape index (κ2) is 22.5. The number of aryl methyl sites for hydroxylation is 4. The average Bonchev–Trinajstić information content (AvgIpc) is 4.10. The second-order valence-electron chi connectivity index (χ2n) is 20.6. The van der Waals surface area contributed by atoms with Gasteiger partial charge < -0.3 is 30.0 Å². The molecule has 4 N–H and O–H groups in total. The number of hydrogen-bond donors (Lipinski definition) is 4. The number of carboxylic acids is 2. The number of nitrogens with zero attached hydrogens (tertiary/aromatic N) is 4. The lowest BCUT2D eigenvalue weighted by Crippen LogP contribution is -2.40. The molecule has 4 aromatic heterocycles. The van der Waals surface area contributed by atoms with Gasteiger partial charge in [0.2, 0.25) is 11.8 Å². The van der Waals surface area contributed by atoms with Gasteiger partial charge in [-0.1, -0.05) is 45.9 Å². The van der Waals surface area contributed by atoms with E-state index >= 15 is 4.39 Å². The summed E-state index contributed by atoms with van der Waals surface area (Å²) in [4.78, 5) is 88.7. The van der Waals surface area contributed by atoms with E-state index in [-0.39, 0.29) is 29.2 Å². The molecule has 0 saturated heterocycles. The molecular formula is C58H65FN6O8. The molecule has 1 aliphatic rings. The first kappa shape index (κ1) is 53.3. The van der Waals surface area contributed by atoms with Crippen molar-refractivity contribution in [1.82, 2.24) is 29.7 Å². The molecule has 6 atom stereocenters. The number of hydrogen-bond acceptors (Lipinski definition) is 8. The summed E-state index contributed by atoms with van der Waals surface area (Å²) in [7, 11) is 0. The largest absolute Gasteiger partial charge is 0.481 e. The Morgan fingerprint density at radius 2 is 1.14 bits per heavy atom. The highest BCUT2D eigenvalue weighted by atomic mass is 19.1. The van der Waals surface area contributed by atoms with Crippen molar-refractivity contribution in [2.45, 2.75) is 130 Å². The van der Waals surface area contributed by atoms with Gasteiger partial charge in [0, 0.05) is 60.4 Å². The Morgan fingerprint density at radius 1 is 0.644 bits per heavy atom. The van der Waals surface area contributed by atoms with Crippen LogP contribution in [0.3, 0.4) is 0 Å². The highest BCUT2D eigenvalue weighted by Crippen LogP contribution is 2.57. The van der Waals surface area contributed by atoms with Gasteiger partial charge in [-0.2, -0.15) is 0 Å². The van der Waals surface area contributed by atoms with Crippen molar-refractivity contribution in [1.29, 1.82) is 0 Å². The average molecular weight is 993 g/mol. The molecule has 1 aliphatic carbocycles. The fourth-order valence-electron chi connectivity index (χ4n) is 10.4. The van der Waals surface area contributed by atoms with Crippen LogP contribution in [0, 0.1) is 52.3 Å². The van der Waals surface area contributed by atoms with Crippen molar-refractivity contribution in [3.8, 4) is 22.3 Å². The number of nitrogens with one attached hydrogen (secondary N) is 2. The van der Waals surface area contributed by atoms with Crippen LogP contribution < -0.4 is 21.8 Å². The molecule has 6 aromatic rings. The molecule has 0 bridgehead atoms. The van der Waals surface area contributed by atoms with E-state index in [4.69, 9.17) is 0 Å². The van der Waals surface area contributed by atoms with Gasteiger partial charge in [-0.15, -0.1) is 0 Å². The van der Waals surface area contributed by atoms with E-state index in [9.17, 15) is 39.0 Å². The quantitative estimate of drug-likeness (QED) is 0.0570. The zero-order valence-electron chi connectivity index (χ0n) is 42.9. The zero-order valence-corrected chi connectivity index (χ0v) is 42.9. The Kier molecular flexibility index (Phi) is 16.4. The maximum Gasteiger partial charge on any atom is 0.305 e. The molecule has 1 fully saturated rings. The predicted octanol–water partition coefficient (Wildman–Crippen LogP) is 9.93. The Morgan fingerprint density at radius 3 is 1.62 bits per heavy atom. The van der Waals surface area contributed by atoms with Crippen molar-refractivity contribution in [2.75, 3.05) is 0 Å². The van der Waals surface area contributed by atoms with Crippen LogP contribution in [0.15, 0.2) is 107 Å². The Labute approximate surface area is 424 Å². The number of pyridine rings is 4. The first-order valence-electron chi connectivity index (χ1n) is 24.8. The Hall–Kier alpha value is -7.55. The van der Waals surface area contributed by atoms with Gasteiger partial charge in [-0.3, -0.25) is 38.7 Å². The topological polar surface area (TPSA) is 203 Å². The van der Waals surface area contributed by atoms with E-state index in [1.807, 2.05) is 72.7 Å². The van der Waals surface area contributed by atoms with Crippen molar-refractivity contribution < 1.29 is 33.8 Å². The number of halogens is 1. The lowest BCUT2D eigenvalue weighted by molar-refractivity contribution is -0.139. The van der Waals surface area contributed by atoms with Gasteiger partial charge in [0.1, 0.15) is 17.9 Å². The molecule has 14 nitrogen and oxygen atoms in total. The summed E-state index contributed by atoms with van der Waals surface area (Å²) in [6.45, 7) is 17.1. The monoisotopic (exact) mass is 992 g/mol. The van der Waals surface area contributed by atoms with E-state index < -0.39 is 72.1 Å². The smallest absolute Gasteiger partial charge is 0.305 e. The van der Waals surface area contributed by atoms with Crippen molar-refractivity contribution in [3.63, 3.8) is 0 Å². The summed E-state index contributed by atoms with van der Waals surface area (Å²) in [5.74, 6) is -4.16. The third kappa shape index (κ3) is 12.4. The third-order valence-corrected chi connectivity index (χ3v) is 13.9. The summed E-state index contributed by atoms with van der Waals surface area (Å²) in [6.07, 6.45) is 9.85. The summed E-state index contributed by atoms with van der Waals surface area (Å²) in [5.41, 5.74) is 8.48. The normalized spacial score (nSPS) is 15.9. The van der Waals surface area contributed by atoms with Crippen LogP contribution in [0.5, 0.6) is 0 Å². The molecule has 7 rings (SSSR count). The van der Waals surface area contributed by atoms with Gasteiger partial charge in [0.25, 0.3) is 11.1 Å². The minimum atomic E-state index is -1.15. The van der Waals surface area contributed by atoms with E-state index in [0.29, 0.717) is 63.8 Å². The van der Waals surface area contributed by atoms with Crippen LogP contribution in [0.2, 0.25) is 0 Å². The number of carbonyl (C=O) groups excluding carboxylic acids is 2. The summed E-state index contributed by atoms with van der Waals surface area (Å²) in [6, 6.07) is 13.7.